The highest BCUT2D eigenvalue weighted by Gasteiger charge is 2.15. The number of hydrogen-bond acceptors (Lipinski definition) is 3. The quantitative estimate of drug-likeness (QED) is 0.458. The Morgan fingerprint density at radius 3 is 2.50 bits per heavy atom. The molecule has 0 fully saturated rings. The molecular formula is C7H6ClNO3. The van der Waals surface area contributed by atoms with Gasteiger partial charge in [0.2, 0.25) is 0 Å². The van der Waals surface area contributed by atoms with E-state index in [1.807, 2.05) is 0 Å². The predicted octanol–water partition coefficient (Wildman–Crippen LogP) is 1.33. The summed E-state index contributed by atoms with van der Waals surface area (Å²) in [7, 11) is 0. The van der Waals surface area contributed by atoms with Gasteiger partial charge in [-0.1, -0.05) is 11.6 Å². The van der Waals surface area contributed by atoms with Crippen LogP contribution in [0.3, 0.4) is 0 Å². The van der Waals surface area contributed by atoms with Crippen LogP contribution in [0.4, 0.5) is 5.69 Å². The molecule has 4 nitrogen and oxygen atoms in total. The van der Waals surface area contributed by atoms with Crippen molar-refractivity contribution in [2.45, 2.75) is 0 Å². The molecule has 1 rings (SSSR count). The predicted molar refractivity (Wildman–Crippen MR) is 44.5 cm³/mol. The molecule has 12 heavy (non-hydrogen) atoms. The maximum Gasteiger partial charge on any atom is 0.339 e. The van der Waals surface area contributed by atoms with Gasteiger partial charge in [0.15, 0.2) is 0 Å². The summed E-state index contributed by atoms with van der Waals surface area (Å²) in [5.41, 5.74) is 4.79. The van der Waals surface area contributed by atoms with E-state index in [-0.39, 0.29) is 22.0 Å². The normalized spacial score (nSPS) is 9.75. The van der Waals surface area contributed by atoms with Crippen molar-refractivity contribution >= 4 is 23.3 Å². The number of carbonyl (C=O) groups is 1. The molecule has 5 heteroatoms. The number of phenols is 1. The Morgan fingerprint density at radius 2 is 2.08 bits per heavy atom. The van der Waals surface area contributed by atoms with Crippen LogP contribution in [0.15, 0.2) is 12.1 Å². The van der Waals surface area contributed by atoms with Gasteiger partial charge in [-0.05, 0) is 12.1 Å². The summed E-state index contributed by atoms with van der Waals surface area (Å²) in [5, 5.41) is 17.6. The second kappa shape index (κ2) is 2.91. The summed E-state index contributed by atoms with van der Waals surface area (Å²) in [4.78, 5) is 10.5. The van der Waals surface area contributed by atoms with Crippen LogP contribution in [0.25, 0.3) is 0 Å². The molecule has 0 saturated heterocycles. The van der Waals surface area contributed by atoms with Gasteiger partial charge in [0.05, 0.1) is 10.7 Å². The number of nitrogen functional groups attached to an aromatic ring is 1. The molecule has 0 spiro atoms. The molecular weight excluding hydrogens is 182 g/mol. The van der Waals surface area contributed by atoms with Crippen LogP contribution in [-0.4, -0.2) is 16.2 Å². The molecule has 0 atom stereocenters. The monoisotopic (exact) mass is 187 g/mol. The minimum atomic E-state index is -1.26. The number of benzene rings is 1. The fourth-order valence-corrected chi connectivity index (χ4v) is 1.04. The summed E-state index contributed by atoms with van der Waals surface area (Å²) in [5.74, 6) is -1.54. The van der Waals surface area contributed by atoms with E-state index in [1.165, 1.54) is 12.1 Å². The number of aromatic hydroxyl groups is 1. The first-order valence-corrected chi connectivity index (χ1v) is 3.42. The van der Waals surface area contributed by atoms with E-state index in [0.29, 0.717) is 0 Å². The lowest BCUT2D eigenvalue weighted by molar-refractivity contribution is 0.0698. The van der Waals surface area contributed by atoms with Crippen LogP contribution >= 0.6 is 11.6 Å². The maximum absolute atomic E-state index is 10.5. The molecule has 64 valence electrons. The standard InChI is InChI=1S/C7H6ClNO3/c8-3-1-2-4(10)6(9)5(3)7(11)12/h1-2,10H,9H2,(H,11,12). The number of rotatable bonds is 1. The van der Waals surface area contributed by atoms with Gasteiger partial charge < -0.3 is 15.9 Å². The van der Waals surface area contributed by atoms with Gasteiger partial charge in [-0.2, -0.15) is 0 Å². The first-order chi connectivity index (χ1) is 5.54. The van der Waals surface area contributed by atoms with Crippen molar-refractivity contribution in [3.63, 3.8) is 0 Å². The molecule has 0 saturated carbocycles. The van der Waals surface area contributed by atoms with Gasteiger partial charge in [-0.25, -0.2) is 4.79 Å². The fraction of sp³-hybridized carbons (Fsp3) is 0. The van der Waals surface area contributed by atoms with Crippen molar-refractivity contribution in [1.82, 2.24) is 0 Å². The lowest BCUT2D eigenvalue weighted by Gasteiger charge is -2.04. The number of carboxylic acids is 1. The fourth-order valence-electron chi connectivity index (χ4n) is 0.799. The van der Waals surface area contributed by atoms with E-state index in [9.17, 15) is 4.79 Å². The Kier molecular flexibility index (Phi) is 2.10. The largest absolute Gasteiger partial charge is 0.506 e. The topological polar surface area (TPSA) is 83.5 Å². The average molecular weight is 188 g/mol. The molecule has 0 aliphatic heterocycles. The highest BCUT2D eigenvalue weighted by Crippen LogP contribution is 2.29. The zero-order valence-electron chi connectivity index (χ0n) is 5.91. The molecule has 0 bridgehead atoms. The number of aromatic carboxylic acids is 1. The van der Waals surface area contributed by atoms with Crippen molar-refractivity contribution < 1.29 is 15.0 Å². The average Bonchev–Trinajstić information content (AvgIpc) is 1.97. The van der Waals surface area contributed by atoms with Crippen molar-refractivity contribution in [1.29, 1.82) is 0 Å². The van der Waals surface area contributed by atoms with Crippen molar-refractivity contribution in [2.24, 2.45) is 0 Å². The lowest BCUT2D eigenvalue weighted by atomic mass is 10.1. The summed E-state index contributed by atoms with van der Waals surface area (Å²) in [6.07, 6.45) is 0. The number of hydrogen-bond donors (Lipinski definition) is 3. The molecule has 0 aromatic heterocycles. The van der Waals surface area contributed by atoms with Gasteiger partial charge in [0, 0.05) is 0 Å². The van der Waals surface area contributed by atoms with Crippen LogP contribution in [0.1, 0.15) is 10.4 Å². The van der Waals surface area contributed by atoms with Crippen LogP contribution in [0.5, 0.6) is 5.75 Å². The second-order valence-corrected chi connectivity index (χ2v) is 2.57. The molecule has 4 N–H and O–H groups in total. The first kappa shape index (κ1) is 8.67. The SMILES string of the molecule is Nc1c(O)ccc(Cl)c1C(=O)O. The number of phenolic OH excluding ortho intramolecular Hbond substituents is 1. The Labute approximate surface area is 73.2 Å². The van der Waals surface area contributed by atoms with Crippen molar-refractivity contribution in [2.75, 3.05) is 5.73 Å². The van der Waals surface area contributed by atoms with Gasteiger partial charge in [0.1, 0.15) is 11.3 Å². The third-order valence-electron chi connectivity index (χ3n) is 1.39. The Balaban J connectivity index is 3.43. The minimum Gasteiger partial charge on any atom is -0.506 e. The Bertz CT molecular complexity index is 338. The van der Waals surface area contributed by atoms with Crippen LogP contribution in [0, 0.1) is 0 Å². The van der Waals surface area contributed by atoms with E-state index >= 15 is 0 Å². The van der Waals surface area contributed by atoms with Gasteiger partial charge >= 0.3 is 5.97 Å². The highest BCUT2D eigenvalue weighted by molar-refractivity contribution is 6.34. The summed E-state index contributed by atoms with van der Waals surface area (Å²) < 4.78 is 0. The highest BCUT2D eigenvalue weighted by atomic mass is 35.5. The van der Waals surface area contributed by atoms with E-state index in [1.54, 1.807) is 0 Å². The Morgan fingerprint density at radius 1 is 1.50 bits per heavy atom. The summed E-state index contributed by atoms with van der Waals surface area (Å²) in [6.45, 7) is 0. The Hall–Kier alpha value is -1.42. The van der Waals surface area contributed by atoms with Crippen LogP contribution in [-0.2, 0) is 0 Å². The molecule has 0 aliphatic rings. The molecule has 0 unspecified atom stereocenters. The summed E-state index contributed by atoms with van der Waals surface area (Å²) in [6, 6.07) is 2.51. The van der Waals surface area contributed by atoms with Crippen molar-refractivity contribution in [3.8, 4) is 5.75 Å². The maximum atomic E-state index is 10.5. The van der Waals surface area contributed by atoms with Gasteiger partial charge in [0.25, 0.3) is 0 Å². The smallest absolute Gasteiger partial charge is 0.339 e. The number of carboxylic acid groups (broad SMARTS) is 1. The molecule has 1 aromatic rings. The van der Waals surface area contributed by atoms with Crippen molar-refractivity contribution in [3.05, 3.63) is 22.7 Å². The number of anilines is 1. The third-order valence-corrected chi connectivity index (χ3v) is 1.70. The second-order valence-electron chi connectivity index (χ2n) is 2.16. The van der Waals surface area contributed by atoms with E-state index in [4.69, 9.17) is 27.5 Å². The molecule has 0 aliphatic carbocycles. The van der Waals surface area contributed by atoms with E-state index in [2.05, 4.69) is 0 Å². The molecule has 0 amide bonds. The van der Waals surface area contributed by atoms with E-state index < -0.39 is 5.97 Å². The van der Waals surface area contributed by atoms with Crippen LogP contribution < -0.4 is 5.73 Å². The zero-order chi connectivity index (χ0) is 9.30. The number of nitrogens with two attached hydrogens (primary N) is 1. The first-order valence-electron chi connectivity index (χ1n) is 3.04. The third kappa shape index (κ3) is 1.29. The number of halogens is 1. The van der Waals surface area contributed by atoms with Gasteiger partial charge in [-0.15, -0.1) is 0 Å². The zero-order valence-corrected chi connectivity index (χ0v) is 6.67. The molecule has 1 aromatic carbocycles. The van der Waals surface area contributed by atoms with E-state index in [0.717, 1.165) is 0 Å². The molecule has 0 heterocycles. The minimum absolute atomic E-state index is 0.0119. The summed E-state index contributed by atoms with van der Waals surface area (Å²) >= 11 is 5.52. The molecule has 0 radical (unpaired) electrons. The van der Waals surface area contributed by atoms with Crippen LogP contribution in [0.2, 0.25) is 5.02 Å². The van der Waals surface area contributed by atoms with Gasteiger partial charge in [-0.3, -0.25) is 0 Å². The lowest BCUT2D eigenvalue weighted by Crippen LogP contribution is -2.03.